The van der Waals surface area contributed by atoms with Gasteiger partial charge in [-0.25, -0.2) is 4.39 Å². The Morgan fingerprint density at radius 2 is 1.69 bits per heavy atom. The second-order valence-corrected chi connectivity index (χ2v) is 8.87. The molecule has 1 atom stereocenters. The van der Waals surface area contributed by atoms with E-state index in [1.54, 1.807) is 36.4 Å². The van der Waals surface area contributed by atoms with E-state index in [4.69, 9.17) is 16.3 Å². The first-order valence-electron chi connectivity index (χ1n) is 10.6. The van der Waals surface area contributed by atoms with Gasteiger partial charge in [-0.3, -0.25) is 14.9 Å². The fourth-order valence-electron chi connectivity index (χ4n) is 3.15. The van der Waals surface area contributed by atoms with E-state index in [0.29, 0.717) is 21.3 Å². The fourth-order valence-corrected chi connectivity index (χ4v) is 4.03. The van der Waals surface area contributed by atoms with E-state index < -0.39 is 17.9 Å². The van der Waals surface area contributed by atoms with Crippen LogP contribution in [0.25, 0.3) is 10.6 Å². The summed E-state index contributed by atoms with van der Waals surface area (Å²) in [7, 11) is 0. The first kappa shape index (κ1) is 24.3. The van der Waals surface area contributed by atoms with Crippen molar-refractivity contribution < 1.29 is 18.7 Å². The number of carbonyl (C=O) groups is 2. The minimum atomic E-state index is -0.878. The molecule has 0 aliphatic rings. The predicted octanol–water partition coefficient (Wildman–Crippen LogP) is 4.74. The molecule has 0 saturated heterocycles. The number of anilines is 1. The molecule has 1 heterocycles. The summed E-state index contributed by atoms with van der Waals surface area (Å²) in [4.78, 5) is 25.6. The number of aromatic nitrogens is 2. The quantitative estimate of drug-likeness (QED) is 0.339. The Hall–Kier alpha value is -3.82. The highest BCUT2D eigenvalue weighted by Crippen LogP contribution is 2.26. The number of amides is 2. The molecule has 0 saturated carbocycles. The molecule has 4 rings (SSSR count). The highest BCUT2D eigenvalue weighted by molar-refractivity contribution is 7.18. The summed E-state index contributed by atoms with van der Waals surface area (Å²) < 4.78 is 18.7. The summed E-state index contributed by atoms with van der Waals surface area (Å²) in [6, 6.07) is 20.9. The van der Waals surface area contributed by atoms with Crippen LogP contribution < -0.4 is 15.4 Å². The Labute approximate surface area is 209 Å². The summed E-state index contributed by atoms with van der Waals surface area (Å²) in [6.45, 7) is -0.270. The Kier molecular flexibility index (Phi) is 8.02. The van der Waals surface area contributed by atoms with E-state index in [-0.39, 0.29) is 24.0 Å². The molecule has 0 bridgehead atoms. The van der Waals surface area contributed by atoms with Gasteiger partial charge in [-0.15, -0.1) is 10.2 Å². The average Bonchev–Trinajstić information content (AvgIpc) is 3.33. The Balaban J connectivity index is 1.42. The van der Waals surface area contributed by atoms with Gasteiger partial charge >= 0.3 is 0 Å². The molecule has 3 aromatic carbocycles. The zero-order valence-electron chi connectivity index (χ0n) is 18.3. The zero-order chi connectivity index (χ0) is 24.6. The van der Waals surface area contributed by atoms with Crippen molar-refractivity contribution in [3.05, 3.63) is 95.3 Å². The summed E-state index contributed by atoms with van der Waals surface area (Å²) in [6.07, 6.45) is 0.267. The van der Waals surface area contributed by atoms with Crippen molar-refractivity contribution in [3.63, 3.8) is 0 Å². The monoisotopic (exact) mass is 510 g/mol. The molecule has 0 aliphatic heterocycles. The number of carbonyl (C=O) groups excluding carboxylic acids is 2. The van der Waals surface area contributed by atoms with Gasteiger partial charge in [0.05, 0.1) is 0 Å². The molecule has 0 spiro atoms. The van der Waals surface area contributed by atoms with Crippen molar-refractivity contribution in [2.24, 2.45) is 0 Å². The molecule has 7 nitrogen and oxygen atoms in total. The van der Waals surface area contributed by atoms with Crippen LogP contribution in [0.5, 0.6) is 5.75 Å². The zero-order valence-corrected chi connectivity index (χ0v) is 19.9. The normalized spacial score (nSPS) is 11.5. The summed E-state index contributed by atoms with van der Waals surface area (Å²) in [5.41, 5.74) is 1.55. The number of rotatable bonds is 9. The first-order valence-corrected chi connectivity index (χ1v) is 11.8. The lowest BCUT2D eigenvalue weighted by Crippen LogP contribution is -2.46. The Morgan fingerprint density at radius 3 is 2.40 bits per heavy atom. The smallest absolute Gasteiger partial charge is 0.258 e. The Bertz CT molecular complexity index is 1280. The van der Waals surface area contributed by atoms with Crippen molar-refractivity contribution >= 4 is 39.9 Å². The van der Waals surface area contributed by atoms with Crippen LogP contribution in [-0.2, 0) is 16.0 Å². The van der Waals surface area contributed by atoms with Crippen LogP contribution >= 0.6 is 22.9 Å². The van der Waals surface area contributed by atoms with Crippen molar-refractivity contribution in [2.45, 2.75) is 12.5 Å². The molecule has 0 unspecified atom stereocenters. The third-order valence-electron chi connectivity index (χ3n) is 4.86. The summed E-state index contributed by atoms with van der Waals surface area (Å²) in [5.74, 6) is -0.780. The van der Waals surface area contributed by atoms with Gasteiger partial charge in [-0.05, 0) is 54.1 Å². The van der Waals surface area contributed by atoms with E-state index in [2.05, 4.69) is 20.8 Å². The average molecular weight is 511 g/mol. The summed E-state index contributed by atoms with van der Waals surface area (Å²) in [5, 5.41) is 14.8. The Morgan fingerprint density at radius 1 is 0.971 bits per heavy atom. The van der Waals surface area contributed by atoms with Crippen LogP contribution in [0.3, 0.4) is 0 Å². The number of benzene rings is 3. The van der Waals surface area contributed by atoms with Crippen LogP contribution in [0.2, 0.25) is 5.02 Å². The molecule has 2 amide bonds. The third kappa shape index (κ3) is 7.08. The predicted molar refractivity (Wildman–Crippen MR) is 133 cm³/mol. The molecule has 4 aromatic rings. The van der Waals surface area contributed by atoms with Gasteiger partial charge in [0.1, 0.15) is 22.6 Å². The van der Waals surface area contributed by atoms with Gasteiger partial charge in [0.15, 0.2) is 6.61 Å². The largest absolute Gasteiger partial charge is 0.484 e. The van der Waals surface area contributed by atoms with Crippen LogP contribution in [0.4, 0.5) is 9.52 Å². The molecular weight excluding hydrogens is 491 g/mol. The lowest BCUT2D eigenvalue weighted by molar-refractivity contribution is -0.127. The number of hydrogen-bond donors (Lipinski definition) is 2. The number of nitrogens with one attached hydrogen (secondary N) is 2. The van der Waals surface area contributed by atoms with E-state index in [1.165, 1.54) is 12.1 Å². The van der Waals surface area contributed by atoms with Crippen LogP contribution in [0.1, 0.15) is 5.56 Å². The fraction of sp³-hybridized carbons (Fsp3) is 0.120. The highest BCUT2D eigenvalue weighted by Gasteiger charge is 2.23. The molecule has 1 aromatic heterocycles. The van der Waals surface area contributed by atoms with Gasteiger partial charge in [0, 0.05) is 17.0 Å². The topological polar surface area (TPSA) is 93.2 Å². The van der Waals surface area contributed by atoms with Gasteiger partial charge in [-0.1, -0.05) is 53.3 Å². The van der Waals surface area contributed by atoms with Gasteiger partial charge in [0.2, 0.25) is 11.0 Å². The van der Waals surface area contributed by atoms with E-state index in [9.17, 15) is 14.0 Å². The van der Waals surface area contributed by atoms with Gasteiger partial charge in [-0.2, -0.15) is 0 Å². The second-order valence-electron chi connectivity index (χ2n) is 7.46. The summed E-state index contributed by atoms with van der Waals surface area (Å²) >= 11 is 7.01. The molecule has 178 valence electrons. The highest BCUT2D eigenvalue weighted by atomic mass is 35.5. The van der Waals surface area contributed by atoms with Gasteiger partial charge in [0.25, 0.3) is 5.91 Å². The van der Waals surface area contributed by atoms with Crippen LogP contribution in [0, 0.1) is 5.82 Å². The molecule has 0 fully saturated rings. The molecule has 35 heavy (non-hydrogen) atoms. The van der Waals surface area contributed by atoms with Crippen LogP contribution in [0.15, 0.2) is 78.9 Å². The second kappa shape index (κ2) is 11.5. The molecule has 0 aliphatic carbocycles. The lowest BCUT2D eigenvalue weighted by atomic mass is 10.1. The molecule has 2 N–H and O–H groups in total. The molecule has 10 heteroatoms. The van der Waals surface area contributed by atoms with E-state index in [0.717, 1.165) is 16.9 Å². The molecule has 0 radical (unpaired) electrons. The first-order chi connectivity index (χ1) is 17.0. The van der Waals surface area contributed by atoms with E-state index >= 15 is 0 Å². The van der Waals surface area contributed by atoms with Crippen molar-refractivity contribution in [2.75, 3.05) is 11.9 Å². The lowest BCUT2D eigenvalue weighted by Gasteiger charge is -2.18. The minimum absolute atomic E-state index is 0.263. The SMILES string of the molecule is O=C(COc1ccc(Cl)cc1)N[C@@H](Cc1ccccc1)C(=O)Nc1nnc(-c2ccc(F)cc2)s1. The maximum absolute atomic E-state index is 13.2. The van der Waals surface area contributed by atoms with Gasteiger partial charge < -0.3 is 10.1 Å². The van der Waals surface area contributed by atoms with Crippen LogP contribution in [-0.4, -0.2) is 34.7 Å². The van der Waals surface area contributed by atoms with E-state index in [1.807, 2.05) is 30.3 Å². The standard InChI is InChI=1S/C25H20ClFN4O3S/c26-18-8-12-20(13-9-18)34-15-22(32)28-21(14-16-4-2-1-3-5-16)23(33)29-25-31-30-24(35-25)17-6-10-19(27)11-7-17/h1-13,21H,14-15H2,(H,28,32)(H,29,31,33)/t21-/m0/s1. The minimum Gasteiger partial charge on any atom is -0.484 e. The van der Waals surface area contributed by atoms with Crippen molar-refractivity contribution in [1.29, 1.82) is 0 Å². The third-order valence-corrected chi connectivity index (χ3v) is 6.00. The number of nitrogens with zero attached hydrogens (tertiary/aromatic N) is 2. The van der Waals surface area contributed by atoms with Crippen molar-refractivity contribution in [3.8, 4) is 16.3 Å². The maximum Gasteiger partial charge on any atom is 0.258 e. The number of hydrogen-bond acceptors (Lipinski definition) is 6. The number of halogens is 2. The molecular formula is C25H20ClFN4O3S. The number of ether oxygens (including phenoxy) is 1. The maximum atomic E-state index is 13.2. The van der Waals surface area contributed by atoms with Crippen molar-refractivity contribution in [1.82, 2.24) is 15.5 Å².